The number of aromatic hydroxyl groups is 1. The Balaban J connectivity index is 2.16. The first kappa shape index (κ1) is 18.3. The van der Waals surface area contributed by atoms with Crippen LogP contribution in [0.1, 0.15) is 17.3 Å². The van der Waals surface area contributed by atoms with Gasteiger partial charge in [0.15, 0.2) is 0 Å². The van der Waals surface area contributed by atoms with Gasteiger partial charge in [0.25, 0.3) is 0 Å². The van der Waals surface area contributed by atoms with E-state index >= 15 is 0 Å². The highest BCUT2D eigenvalue weighted by molar-refractivity contribution is 9.10. The lowest BCUT2D eigenvalue weighted by Gasteiger charge is -2.13. The molecular weight excluding hydrogens is 418 g/mol. The number of phenols is 1. The maximum absolute atomic E-state index is 12.9. The van der Waals surface area contributed by atoms with Crippen molar-refractivity contribution in [3.8, 4) is 22.7 Å². The average molecular weight is 436 g/mol. The Morgan fingerprint density at radius 1 is 1.00 bits per heavy atom. The molecule has 4 aromatic rings. The minimum atomic E-state index is -0.455. The molecule has 0 radical (unpaired) electrons. The number of fused-ring (bicyclic) bond motifs is 1. The summed E-state index contributed by atoms with van der Waals surface area (Å²) < 4.78 is 8.30. The van der Waals surface area contributed by atoms with Gasteiger partial charge in [-0.05, 0) is 48.9 Å². The zero-order valence-electron chi connectivity index (χ0n) is 15.2. The third kappa shape index (κ3) is 3.08. The number of benzene rings is 3. The van der Waals surface area contributed by atoms with Crippen LogP contribution in [-0.2, 0) is 4.74 Å². The van der Waals surface area contributed by atoms with Crippen molar-refractivity contribution in [1.82, 2.24) is 4.57 Å². The van der Waals surface area contributed by atoms with Crippen LogP contribution in [0.4, 0.5) is 0 Å². The molecule has 0 saturated heterocycles. The number of phenolic OH excluding ortho intramolecular Hbond substituents is 1. The molecular formula is C23H18BrNO3. The third-order valence-corrected chi connectivity index (χ3v) is 5.11. The Kier molecular flexibility index (Phi) is 4.92. The van der Waals surface area contributed by atoms with Gasteiger partial charge in [-0.15, -0.1) is 0 Å². The summed E-state index contributed by atoms with van der Waals surface area (Å²) in [7, 11) is 0. The molecule has 1 N–H and O–H groups in total. The molecule has 4 nitrogen and oxygen atoms in total. The van der Waals surface area contributed by atoms with Crippen LogP contribution in [0.2, 0.25) is 0 Å². The summed E-state index contributed by atoms with van der Waals surface area (Å²) in [5.74, 6) is -0.405. The topological polar surface area (TPSA) is 51.5 Å². The van der Waals surface area contributed by atoms with E-state index in [0.29, 0.717) is 16.6 Å². The number of aromatic nitrogens is 1. The summed E-state index contributed by atoms with van der Waals surface area (Å²) in [6.45, 7) is 2.03. The number of nitrogens with zero attached hydrogens (tertiary/aromatic N) is 1. The van der Waals surface area contributed by atoms with Gasteiger partial charge in [0.1, 0.15) is 5.75 Å². The van der Waals surface area contributed by atoms with Crippen molar-refractivity contribution in [1.29, 1.82) is 0 Å². The smallest absolute Gasteiger partial charge is 0.341 e. The number of hydrogen-bond acceptors (Lipinski definition) is 3. The van der Waals surface area contributed by atoms with Crippen LogP contribution in [0, 0.1) is 0 Å². The van der Waals surface area contributed by atoms with Crippen molar-refractivity contribution in [2.45, 2.75) is 6.92 Å². The summed E-state index contributed by atoms with van der Waals surface area (Å²) in [6, 6.07) is 22.8. The fourth-order valence-corrected chi connectivity index (χ4v) is 3.72. The number of ether oxygens (including phenoxy) is 1. The first-order valence-electron chi connectivity index (χ1n) is 8.96. The van der Waals surface area contributed by atoms with Crippen LogP contribution in [0.15, 0.2) is 77.3 Å². The molecule has 0 saturated carbocycles. The predicted octanol–water partition coefficient (Wildman–Crippen LogP) is 5.94. The molecule has 0 aliphatic heterocycles. The zero-order valence-corrected chi connectivity index (χ0v) is 16.8. The van der Waals surface area contributed by atoms with Crippen LogP contribution >= 0.6 is 15.9 Å². The molecule has 28 heavy (non-hydrogen) atoms. The van der Waals surface area contributed by atoms with Crippen LogP contribution < -0.4 is 0 Å². The summed E-state index contributed by atoms with van der Waals surface area (Å²) in [4.78, 5) is 12.9. The Morgan fingerprint density at radius 3 is 2.39 bits per heavy atom. The monoisotopic (exact) mass is 435 g/mol. The standard InChI is InChI=1S/C23H18BrNO3/c1-2-28-23(27)21-20-18(9-6-10-19(20)26)25(17-13-11-16(24)12-14-17)22(21)15-7-4-3-5-8-15/h3-14,26H,2H2,1H3. The van der Waals surface area contributed by atoms with Crippen molar-refractivity contribution in [2.24, 2.45) is 0 Å². The second-order valence-corrected chi connectivity index (χ2v) is 7.21. The van der Waals surface area contributed by atoms with Crippen molar-refractivity contribution in [3.05, 3.63) is 82.8 Å². The van der Waals surface area contributed by atoms with Gasteiger partial charge in [0.05, 0.1) is 28.8 Å². The fourth-order valence-electron chi connectivity index (χ4n) is 3.45. The molecule has 0 fully saturated rings. The van der Waals surface area contributed by atoms with Crippen LogP contribution in [0.3, 0.4) is 0 Å². The van der Waals surface area contributed by atoms with E-state index in [1.165, 1.54) is 0 Å². The van der Waals surface area contributed by atoms with E-state index < -0.39 is 5.97 Å². The number of esters is 1. The minimum absolute atomic E-state index is 0.0496. The van der Waals surface area contributed by atoms with E-state index in [9.17, 15) is 9.90 Å². The lowest BCUT2D eigenvalue weighted by atomic mass is 10.0. The van der Waals surface area contributed by atoms with Gasteiger partial charge in [0, 0.05) is 10.2 Å². The second kappa shape index (κ2) is 7.52. The highest BCUT2D eigenvalue weighted by atomic mass is 79.9. The molecule has 0 atom stereocenters. The van der Waals surface area contributed by atoms with Crippen molar-refractivity contribution in [3.63, 3.8) is 0 Å². The van der Waals surface area contributed by atoms with Gasteiger partial charge in [-0.2, -0.15) is 0 Å². The van der Waals surface area contributed by atoms with Gasteiger partial charge in [0.2, 0.25) is 0 Å². The molecule has 0 spiro atoms. The van der Waals surface area contributed by atoms with Gasteiger partial charge in [-0.25, -0.2) is 4.79 Å². The maximum Gasteiger partial charge on any atom is 0.341 e. The summed E-state index contributed by atoms with van der Waals surface area (Å²) in [5.41, 5.74) is 3.54. The van der Waals surface area contributed by atoms with E-state index in [2.05, 4.69) is 15.9 Å². The quantitative estimate of drug-likeness (QED) is 0.403. The second-order valence-electron chi connectivity index (χ2n) is 6.29. The highest BCUT2D eigenvalue weighted by Crippen LogP contribution is 2.40. The van der Waals surface area contributed by atoms with E-state index in [4.69, 9.17) is 4.74 Å². The molecule has 0 aliphatic rings. The number of carbonyl (C=O) groups is 1. The van der Waals surface area contributed by atoms with E-state index in [-0.39, 0.29) is 12.4 Å². The lowest BCUT2D eigenvalue weighted by molar-refractivity contribution is 0.0529. The first-order chi connectivity index (χ1) is 13.6. The van der Waals surface area contributed by atoms with E-state index in [1.807, 2.05) is 65.2 Å². The van der Waals surface area contributed by atoms with Gasteiger partial charge in [-0.1, -0.05) is 52.3 Å². The summed E-state index contributed by atoms with van der Waals surface area (Å²) in [5, 5.41) is 11.1. The van der Waals surface area contributed by atoms with E-state index in [1.54, 1.807) is 19.1 Å². The first-order valence-corrected chi connectivity index (χ1v) is 9.76. The Morgan fingerprint density at radius 2 is 1.71 bits per heavy atom. The van der Waals surface area contributed by atoms with Crippen molar-refractivity contribution >= 4 is 32.8 Å². The molecule has 4 rings (SSSR count). The summed E-state index contributed by atoms with van der Waals surface area (Å²) >= 11 is 3.47. The number of rotatable bonds is 4. The van der Waals surface area contributed by atoms with E-state index in [0.717, 1.165) is 21.2 Å². The Labute approximate surface area is 171 Å². The molecule has 0 aliphatic carbocycles. The molecule has 0 bridgehead atoms. The molecule has 140 valence electrons. The normalized spacial score (nSPS) is 10.9. The number of hydrogen-bond donors (Lipinski definition) is 1. The fraction of sp³-hybridized carbons (Fsp3) is 0.0870. The SMILES string of the molecule is CCOC(=O)c1c(-c2ccccc2)n(-c2ccc(Br)cc2)c2cccc(O)c12. The lowest BCUT2D eigenvalue weighted by Crippen LogP contribution is -2.07. The highest BCUT2D eigenvalue weighted by Gasteiger charge is 2.27. The van der Waals surface area contributed by atoms with Crippen LogP contribution in [0.5, 0.6) is 5.75 Å². The minimum Gasteiger partial charge on any atom is -0.507 e. The summed E-state index contributed by atoms with van der Waals surface area (Å²) in [6.07, 6.45) is 0. The van der Waals surface area contributed by atoms with Gasteiger partial charge in [-0.3, -0.25) is 0 Å². The van der Waals surface area contributed by atoms with Crippen molar-refractivity contribution < 1.29 is 14.6 Å². The molecule has 1 aromatic heterocycles. The third-order valence-electron chi connectivity index (χ3n) is 4.58. The molecule has 3 aromatic carbocycles. The van der Waals surface area contributed by atoms with Gasteiger partial charge >= 0.3 is 5.97 Å². The average Bonchev–Trinajstić information content (AvgIpc) is 3.06. The van der Waals surface area contributed by atoms with Crippen molar-refractivity contribution in [2.75, 3.05) is 6.61 Å². The molecule has 0 unspecified atom stereocenters. The maximum atomic E-state index is 12.9. The number of carbonyl (C=O) groups excluding carboxylic acids is 1. The molecule has 5 heteroatoms. The van der Waals surface area contributed by atoms with Crippen LogP contribution in [0.25, 0.3) is 27.8 Å². The Hall–Kier alpha value is -3.05. The Bertz CT molecular complexity index is 1150. The van der Waals surface area contributed by atoms with Gasteiger partial charge < -0.3 is 14.4 Å². The largest absolute Gasteiger partial charge is 0.507 e. The number of halogens is 1. The molecule has 0 amide bonds. The van der Waals surface area contributed by atoms with Crippen LogP contribution in [-0.4, -0.2) is 22.2 Å². The zero-order chi connectivity index (χ0) is 19.7. The molecule has 1 heterocycles. The predicted molar refractivity (Wildman–Crippen MR) is 114 cm³/mol.